The monoisotopic (exact) mass is 276 g/mol. The smallest absolute Gasteiger partial charge is 0.143 e. The predicted octanol–water partition coefficient (Wildman–Crippen LogP) is 3.45. The number of nitrogens with zero attached hydrogens (tertiary/aromatic N) is 3. The summed E-state index contributed by atoms with van der Waals surface area (Å²) in [4.78, 5) is 7.96. The maximum Gasteiger partial charge on any atom is 0.143 e. The molecule has 1 aromatic heterocycles. The summed E-state index contributed by atoms with van der Waals surface area (Å²) in [7, 11) is 0. The number of anilines is 2. The van der Waals surface area contributed by atoms with Gasteiger partial charge >= 0.3 is 0 Å². The molecule has 6 heteroatoms. The van der Waals surface area contributed by atoms with Gasteiger partial charge in [0.2, 0.25) is 0 Å². The zero-order valence-corrected chi connectivity index (χ0v) is 10.9. The van der Waals surface area contributed by atoms with Crippen LogP contribution in [0.2, 0.25) is 5.15 Å². The molecule has 0 atom stereocenters. The fourth-order valence-corrected chi connectivity index (χ4v) is 1.95. The second kappa shape index (κ2) is 5.63. The molecule has 96 valence electrons. The van der Waals surface area contributed by atoms with Crippen LogP contribution in [-0.2, 0) is 6.42 Å². The van der Waals surface area contributed by atoms with Crippen molar-refractivity contribution in [2.24, 2.45) is 0 Å². The standard InChI is InChI=1S/C13H10ClFN4/c1-2-8-12(14)17-7-18-13(8)19-11-5-3-4-10(15)9(11)6-16/h3-5,7H,2H2,1H3,(H,17,18,19). The minimum Gasteiger partial charge on any atom is -0.339 e. The van der Waals surface area contributed by atoms with Crippen LogP contribution in [0.3, 0.4) is 0 Å². The zero-order valence-electron chi connectivity index (χ0n) is 10.1. The van der Waals surface area contributed by atoms with Crippen molar-refractivity contribution in [3.63, 3.8) is 0 Å². The van der Waals surface area contributed by atoms with Crippen LogP contribution < -0.4 is 5.32 Å². The lowest BCUT2D eigenvalue weighted by atomic mass is 10.1. The van der Waals surface area contributed by atoms with Crippen molar-refractivity contribution in [2.75, 3.05) is 5.32 Å². The minimum absolute atomic E-state index is 0.0562. The lowest BCUT2D eigenvalue weighted by Crippen LogP contribution is -2.02. The molecular weight excluding hydrogens is 267 g/mol. The first kappa shape index (κ1) is 13.2. The molecule has 2 rings (SSSR count). The van der Waals surface area contributed by atoms with Crippen molar-refractivity contribution >= 4 is 23.1 Å². The largest absolute Gasteiger partial charge is 0.339 e. The van der Waals surface area contributed by atoms with E-state index in [2.05, 4.69) is 15.3 Å². The summed E-state index contributed by atoms with van der Waals surface area (Å²) in [5.74, 6) is -0.102. The third-order valence-corrected chi connectivity index (χ3v) is 2.95. The van der Waals surface area contributed by atoms with Crippen LogP contribution in [0.5, 0.6) is 0 Å². The summed E-state index contributed by atoms with van der Waals surface area (Å²) in [6, 6.07) is 6.18. The molecule has 1 aromatic carbocycles. The summed E-state index contributed by atoms with van der Waals surface area (Å²) < 4.78 is 13.5. The molecule has 0 bridgehead atoms. The molecule has 0 aliphatic heterocycles. The molecule has 0 fully saturated rings. The van der Waals surface area contributed by atoms with Crippen molar-refractivity contribution in [2.45, 2.75) is 13.3 Å². The van der Waals surface area contributed by atoms with Gasteiger partial charge in [-0.15, -0.1) is 0 Å². The average Bonchev–Trinajstić information content (AvgIpc) is 2.39. The molecule has 0 aliphatic rings. The van der Waals surface area contributed by atoms with E-state index in [0.717, 1.165) is 5.56 Å². The molecule has 2 aromatic rings. The van der Waals surface area contributed by atoms with Gasteiger partial charge in [-0.2, -0.15) is 5.26 Å². The third-order valence-electron chi connectivity index (χ3n) is 2.62. The number of halogens is 2. The summed E-state index contributed by atoms with van der Waals surface area (Å²) in [6.07, 6.45) is 1.94. The number of aromatic nitrogens is 2. The highest BCUT2D eigenvalue weighted by Gasteiger charge is 2.12. The van der Waals surface area contributed by atoms with Crippen LogP contribution >= 0.6 is 11.6 Å². The van der Waals surface area contributed by atoms with Crippen LogP contribution in [0.25, 0.3) is 0 Å². The molecule has 1 N–H and O–H groups in total. The molecule has 0 saturated heterocycles. The van der Waals surface area contributed by atoms with Gasteiger partial charge in [0, 0.05) is 5.56 Å². The van der Waals surface area contributed by atoms with Gasteiger partial charge in [0.05, 0.1) is 5.69 Å². The van der Waals surface area contributed by atoms with E-state index in [-0.39, 0.29) is 5.56 Å². The minimum atomic E-state index is -0.578. The summed E-state index contributed by atoms with van der Waals surface area (Å²) in [5, 5.41) is 12.2. The Hall–Kier alpha value is -2.19. The molecule has 0 amide bonds. The topological polar surface area (TPSA) is 61.6 Å². The number of nitriles is 1. The van der Waals surface area contributed by atoms with Crippen LogP contribution in [0.4, 0.5) is 15.9 Å². The molecule has 0 aliphatic carbocycles. The third kappa shape index (κ3) is 2.64. The first-order valence-corrected chi connectivity index (χ1v) is 6.00. The maximum absolute atomic E-state index is 13.5. The highest BCUT2D eigenvalue weighted by Crippen LogP contribution is 2.26. The van der Waals surface area contributed by atoms with Crippen molar-refractivity contribution < 1.29 is 4.39 Å². The molecule has 1 heterocycles. The van der Waals surface area contributed by atoms with E-state index in [1.54, 1.807) is 6.07 Å². The van der Waals surface area contributed by atoms with Gasteiger partial charge in [-0.05, 0) is 18.6 Å². The van der Waals surface area contributed by atoms with Gasteiger partial charge in [-0.25, -0.2) is 14.4 Å². The Morgan fingerprint density at radius 1 is 1.42 bits per heavy atom. The van der Waals surface area contributed by atoms with Crippen molar-refractivity contribution in [3.8, 4) is 6.07 Å². The number of hydrogen-bond acceptors (Lipinski definition) is 4. The molecule has 0 radical (unpaired) electrons. The fraction of sp³-hybridized carbons (Fsp3) is 0.154. The Bertz CT molecular complexity index is 652. The quantitative estimate of drug-likeness (QED) is 0.872. The lowest BCUT2D eigenvalue weighted by Gasteiger charge is -2.11. The Labute approximate surface area is 114 Å². The van der Waals surface area contributed by atoms with E-state index in [0.29, 0.717) is 23.1 Å². The SMILES string of the molecule is CCc1c(Cl)ncnc1Nc1cccc(F)c1C#N. The van der Waals surface area contributed by atoms with Crippen molar-refractivity contribution in [3.05, 3.63) is 46.6 Å². The number of hydrogen-bond donors (Lipinski definition) is 1. The Balaban J connectivity index is 2.46. The van der Waals surface area contributed by atoms with E-state index >= 15 is 0 Å². The first-order chi connectivity index (χ1) is 9.17. The second-order valence-electron chi connectivity index (χ2n) is 3.74. The van der Waals surface area contributed by atoms with E-state index in [1.165, 1.54) is 18.5 Å². The van der Waals surface area contributed by atoms with E-state index in [1.807, 2.05) is 13.0 Å². The van der Waals surface area contributed by atoms with E-state index in [4.69, 9.17) is 16.9 Å². The van der Waals surface area contributed by atoms with Gasteiger partial charge in [-0.3, -0.25) is 0 Å². The molecule has 0 saturated carbocycles. The Kier molecular flexibility index (Phi) is 3.93. The summed E-state index contributed by atoms with van der Waals surface area (Å²) in [5.41, 5.74) is 1.02. The number of benzene rings is 1. The van der Waals surface area contributed by atoms with Crippen LogP contribution in [-0.4, -0.2) is 9.97 Å². The first-order valence-electron chi connectivity index (χ1n) is 5.62. The molecule has 4 nitrogen and oxygen atoms in total. The van der Waals surface area contributed by atoms with Gasteiger partial charge in [0.15, 0.2) is 0 Å². The predicted molar refractivity (Wildman–Crippen MR) is 70.8 cm³/mol. The Morgan fingerprint density at radius 2 is 2.21 bits per heavy atom. The average molecular weight is 277 g/mol. The fourth-order valence-electron chi connectivity index (χ4n) is 1.68. The highest BCUT2D eigenvalue weighted by molar-refractivity contribution is 6.30. The van der Waals surface area contributed by atoms with Crippen molar-refractivity contribution in [1.29, 1.82) is 5.26 Å². The lowest BCUT2D eigenvalue weighted by molar-refractivity contribution is 0.624. The zero-order chi connectivity index (χ0) is 13.8. The van der Waals surface area contributed by atoms with Crippen LogP contribution in [0.15, 0.2) is 24.5 Å². The highest BCUT2D eigenvalue weighted by atomic mass is 35.5. The van der Waals surface area contributed by atoms with E-state index < -0.39 is 5.82 Å². The number of rotatable bonds is 3. The van der Waals surface area contributed by atoms with Gasteiger partial charge in [0.1, 0.15) is 34.7 Å². The second-order valence-corrected chi connectivity index (χ2v) is 4.10. The number of nitrogens with one attached hydrogen (secondary N) is 1. The Morgan fingerprint density at radius 3 is 2.89 bits per heavy atom. The summed E-state index contributed by atoms with van der Waals surface area (Å²) in [6.45, 7) is 1.91. The molecule has 0 unspecified atom stereocenters. The van der Waals surface area contributed by atoms with Crippen LogP contribution in [0.1, 0.15) is 18.1 Å². The maximum atomic E-state index is 13.5. The molecular formula is C13H10ClFN4. The van der Waals surface area contributed by atoms with Crippen LogP contribution in [0, 0.1) is 17.1 Å². The molecule has 0 spiro atoms. The normalized spacial score (nSPS) is 10.0. The van der Waals surface area contributed by atoms with E-state index in [9.17, 15) is 4.39 Å². The van der Waals surface area contributed by atoms with Gasteiger partial charge in [0.25, 0.3) is 0 Å². The van der Waals surface area contributed by atoms with Gasteiger partial charge < -0.3 is 5.32 Å². The van der Waals surface area contributed by atoms with Crippen molar-refractivity contribution in [1.82, 2.24) is 9.97 Å². The van der Waals surface area contributed by atoms with Gasteiger partial charge in [-0.1, -0.05) is 24.6 Å². The summed E-state index contributed by atoms with van der Waals surface area (Å²) >= 11 is 5.97. The molecule has 19 heavy (non-hydrogen) atoms.